The highest BCUT2D eigenvalue weighted by molar-refractivity contribution is 6.31. The predicted molar refractivity (Wildman–Crippen MR) is 255 cm³/mol. The number of rotatable bonds is 10. The summed E-state index contributed by atoms with van der Waals surface area (Å²) < 4.78 is 0. The van der Waals surface area contributed by atoms with Crippen LogP contribution in [-0.2, 0) is 21.7 Å². The SMILES string of the molecule is CC(C)(C)c1ccc(N(c2ccc(C(C)(C)C)cc2)c2cc(Cl)cc(N(c3ccc(C(C)(C)c4ccccc4)cc3)c3ccc(C(C)(C)c4ccccc4)cc3)c2)cc1. The highest BCUT2D eigenvalue weighted by Gasteiger charge is 2.26. The van der Waals surface area contributed by atoms with Crippen molar-refractivity contribution in [3.05, 3.63) is 214 Å². The number of hydrogen-bond donors (Lipinski definition) is 0. The van der Waals surface area contributed by atoms with Crippen molar-refractivity contribution >= 4 is 45.7 Å². The summed E-state index contributed by atoms with van der Waals surface area (Å²) in [6.45, 7) is 22.7. The Morgan fingerprint density at radius 2 is 0.542 bits per heavy atom. The Labute approximate surface area is 359 Å². The van der Waals surface area contributed by atoms with Gasteiger partial charge in [0.2, 0.25) is 0 Å². The van der Waals surface area contributed by atoms with Crippen LogP contribution in [0.2, 0.25) is 5.02 Å². The Bertz CT molecular complexity index is 2320. The minimum absolute atomic E-state index is 0.0408. The van der Waals surface area contributed by atoms with Gasteiger partial charge in [0.15, 0.2) is 0 Å². The molecule has 0 atom stereocenters. The summed E-state index contributed by atoms with van der Waals surface area (Å²) in [5, 5.41) is 0.661. The lowest BCUT2D eigenvalue weighted by Gasteiger charge is -2.32. The van der Waals surface area contributed by atoms with Crippen molar-refractivity contribution in [1.82, 2.24) is 0 Å². The molecule has 0 radical (unpaired) electrons. The lowest BCUT2D eigenvalue weighted by molar-refractivity contribution is 0.590. The quantitative estimate of drug-likeness (QED) is 0.136. The van der Waals surface area contributed by atoms with Gasteiger partial charge in [-0.05, 0) is 111 Å². The van der Waals surface area contributed by atoms with Gasteiger partial charge in [0.1, 0.15) is 0 Å². The van der Waals surface area contributed by atoms with E-state index >= 15 is 0 Å². The van der Waals surface area contributed by atoms with Crippen molar-refractivity contribution in [3.63, 3.8) is 0 Å². The zero-order chi connectivity index (χ0) is 42.2. The maximum atomic E-state index is 7.21. The van der Waals surface area contributed by atoms with Gasteiger partial charge in [0.25, 0.3) is 0 Å². The molecule has 0 N–H and O–H groups in total. The zero-order valence-electron chi connectivity index (χ0n) is 36.5. The van der Waals surface area contributed by atoms with E-state index in [1.54, 1.807) is 0 Å². The third kappa shape index (κ3) is 8.90. The summed E-state index contributed by atoms with van der Waals surface area (Å²) in [5.41, 5.74) is 13.6. The number of hydrogen-bond acceptors (Lipinski definition) is 2. The number of anilines is 6. The second-order valence-electron chi connectivity index (χ2n) is 19.0. The molecular formula is C56H59ClN2. The summed E-state index contributed by atoms with van der Waals surface area (Å²) in [4.78, 5) is 4.65. The van der Waals surface area contributed by atoms with E-state index in [-0.39, 0.29) is 21.7 Å². The summed E-state index contributed by atoms with van der Waals surface area (Å²) >= 11 is 7.21. The van der Waals surface area contributed by atoms with Crippen molar-refractivity contribution < 1.29 is 0 Å². The van der Waals surface area contributed by atoms with Gasteiger partial charge in [0.05, 0.1) is 0 Å². The number of benzene rings is 7. The third-order valence-corrected chi connectivity index (χ3v) is 12.3. The first kappa shape index (κ1) is 41.6. The molecule has 3 heteroatoms. The van der Waals surface area contributed by atoms with E-state index in [1.807, 2.05) is 0 Å². The lowest BCUT2D eigenvalue weighted by atomic mass is 9.78. The minimum Gasteiger partial charge on any atom is -0.310 e. The van der Waals surface area contributed by atoms with Crippen molar-refractivity contribution in [2.75, 3.05) is 9.80 Å². The summed E-state index contributed by atoms with van der Waals surface area (Å²) in [5.74, 6) is 0. The molecule has 0 saturated carbocycles. The van der Waals surface area contributed by atoms with Crippen LogP contribution in [0.25, 0.3) is 0 Å². The topological polar surface area (TPSA) is 6.48 Å². The standard InChI is InChI=1S/C56H59ClN2/c1-53(2,3)40-21-29-47(30-22-40)58(48-31-23-41(24-32-48)54(4,5)6)51-37-46(57)38-52(39-51)59(49-33-25-44(26-34-49)55(7,8)42-17-13-11-14-18-42)50-35-27-45(28-36-50)56(9,10)43-19-15-12-16-20-43/h11-39H,1-10H3. The molecule has 0 spiro atoms. The normalized spacial score (nSPS) is 12.3. The van der Waals surface area contributed by atoms with Crippen molar-refractivity contribution in [3.8, 4) is 0 Å². The van der Waals surface area contributed by atoms with Gasteiger partial charge in [-0.3, -0.25) is 0 Å². The average molecular weight is 796 g/mol. The van der Waals surface area contributed by atoms with Gasteiger partial charge < -0.3 is 9.80 Å². The third-order valence-electron chi connectivity index (χ3n) is 12.1. The van der Waals surface area contributed by atoms with Gasteiger partial charge in [-0.1, -0.05) is 190 Å². The molecule has 0 aliphatic heterocycles. The van der Waals surface area contributed by atoms with Crippen LogP contribution in [-0.4, -0.2) is 0 Å². The second-order valence-corrected chi connectivity index (χ2v) is 19.4. The predicted octanol–water partition coefficient (Wildman–Crippen LogP) is 16.5. The first-order valence-electron chi connectivity index (χ1n) is 20.9. The van der Waals surface area contributed by atoms with Crippen LogP contribution in [0.15, 0.2) is 176 Å². The molecule has 0 amide bonds. The molecule has 0 heterocycles. The summed E-state index contributed by atoms with van der Waals surface area (Å²) in [6.07, 6.45) is 0. The first-order chi connectivity index (χ1) is 27.9. The summed E-state index contributed by atoms with van der Waals surface area (Å²) in [6, 6.07) is 63.9. The van der Waals surface area contributed by atoms with Gasteiger partial charge in [-0.15, -0.1) is 0 Å². The van der Waals surface area contributed by atoms with Crippen LogP contribution in [0, 0.1) is 0 Å². The molecule has 0 saturated heterocycles. The molecular weight excluding hydrogens is 736 g/mol. The molecule has 0 aliphatic carbocycles. The second kappa shape index (κ2) is 16.2. The Morgan fingerprint density at radius 1 is 0.288 bits per heavy atom. The molecule has 59 heavy (non-hydrogen) atoms. The molecule has 2 nitrogen and oxygen atoms in total. The highest BCUT2D eigenvalue weighted by atomic mass is 35.5. The van der Waals surface area contributed by atoms with Crippen LogP contribution < -0.4 is 9.80 Å². The van der Waals surface area contributed by atoms with Crippen LogP contribution in [0.5, 0.6) is 0 Å². The van der Waals surface area contributed by atoms with E-state index in [1.165, 1.54) is 33.4 Å². The first-order valence-corrected chi connectivity index (χ1v) is 21.2. The van der Waals surface area contributed by atoms with Crippen molar-refractivity contribution in [2.24, 2.45) is 0 Å². The van der Waals surface area contributed by atoms with Crippen molar-refractivity contribution in [2.45, 2.75) is 90.9 Å². The maximum Gasteiger partial charge on any atom is 0.0497 e. The minimum atomic E-state index is -0.163. The molecule has 7 aromatic carbocycles. The number of halogens is 1. The van der Waals surface area contributed by atoms with E-state index in [9.17, 15) is 0 Å². The van der Waals surface area contributed by atoms with E-state index in [4.69, 9.17) is 11.6 Å². The molecule has 7 rings (SSSR count). The van der Waals surface area contributed by atoms with Crippen LogP contribution in [0.1, 0.15) is 103 Å². The van der Waals surface area contributed by atoms with E-state index in [0.29, 0.717) is 5.02 Å². The molecule has 0 aliphatic rings. The van der Waals surface area contributed by atoms with Crippen molar-refractivity contribution in [1.29, 1.82) is 0 Å². The van der Waals surface area contributed by atoms with Crippen LogP contribution in [0.3, 0.4) is 0 Å². The van der Waals surface area contributed by atoms with Crippen LogP contribution >= 0.6 is 11.6 Å². The molecule has 0 unspecified atom stereocenters. The van der Waals surface area contributed by atoms with E-state index in [2.05, 4.69) is 255 Å². The zero-order valence-corrected chi connectivity index (χ0v) is 37.3. The van der Waals surface area contributed by atoms with Crippen LogP contribution in [0.4, 0.5) is 34.1 Å². The monoisotopic (exact) mass is 794 g/mol. The fourth-order valence-electron chi connectivity index (χ4n) is 8.03. The van der Waals surface area contributed by atoms with E-state index in [0.717, 1.165) is 34.1 Å². The Hall–Kier alpha value is -5.57. The average Bonchev–Trinajstić information content (AvgIpc) is 3.22. The fraction of sp³-hybridized carbons (Fsp3) is 0.250. The Kier molecular flexibility index (Phi) is 11.4. The number of nitrogens with zero attached hydrogens (tertiary/aromatic N) is 2. The Morgan fingerprint density at radius 3 is 0.814 bits per heavy atom. The molecule has 0 fully saturated rings. The smallest absolute Gasteiger partial charge is 0.0497 e. The largest absolute Gasteiger partial charge is 0.310 e. The molecule has 0 bridgehead atoms. The van der Waals surface area contributed by atoms with E-state index < -0.39 is 0 Å². The van der Waals surface area contributed by atoms with Gasteiger partial charge in [-0.2, -0.15) is 0 Å². The molecule has 7 aromatic rings. The van der Waals surface area contributed by atoms with Gasteiger partial charge in [0, 0.05) is 50.0 Å². The fourth-order valence-corrected chi connectivity index (χ4v) is 8.25. The highest BCUT2D eigenvalue weighted by Crippen LogP contribution is 2.44. The summed E-state index contributed by atoms with van der Waals surface area (Å²) in [7, 11) is 0. The molecule has 300 valence electrons. The molecule has 0 aromatic heterocycles. The van der Waals surface area contributed by atoms with Gasteiger partial charge in [-0.25, -0.2) is 0 Å². The lowest BCUT2D eigenvalue weighted by Crippen LogP contribution is -2.20. The Balaban J connectivity index is 1.37. The van der Waals surface area contributed by atoms with Gasteiger partial charge >= 0.3 is 0 Å². The maximum absolute atomic E-state index is 7.21.